The summed E-state index contributed by atoms with van der Waals surface area (Å²) in [4.78, 5) is 14.7. The van der Waals surface area contributed by atoms with E-state index in [1.807, 2.05) is 0 Å². The van der Waals surface area contributed by atoms with E-state index in [-0.39, 0.29) is 35.2 Å². The Morgan fingerprint density at radius 2 is 2.13 bits per heavy atom. The van der Waals surface area contributed by atoms with Crippen LogP contribution in [0.5, 0.6) is 5.88 Å². The van der Waals surface area contributed by atoms with Crippen LogP contribution in [0.1, 0.15) is 10.4 Å². The molecule has 1 aliphatic heterocycles. The first-order chi connectivity index (χ1) is 10.9. The predicted molar refractivity (Wildman–Crippen MR) is 77.6 cm³/mol. The molecule has 1 aliphatic rings. The van der Waals surface area contributed by atoms with E-state index in [1.165, 1.54) is 18.2 Å². The fourth-order valence-electron chi connectivity index (χ4n) is 2.20. The minimum atomic E-state index is -4.06. The highest BCUT2D eigenvalue weighted by molar-refractivity contribution is 7.92. The van der Waals surface area contributed by atoms with Crippen LogP contribution in [0.15, 0.2) is 41.4 Å². The molecule has 0 saturated heterocycles. The van der Waals surface area contributed by atoms with Crippen molar-refractivity contribution in [2.75, 3.05) is 17.5 Å². The first-order valence-corrected chi connectivity index (χ1v) is 7.98. The fraction of sp³-hybridized carbons (Fsp3) is 0.143. The molecule has 1 aromatic heterocycles. The van der Waals surface area contributed by atoms with E-state index < -0.39 is 21.8 Å². The second-order valence-corrected chi connectivity index (χ2v) is 6.60. The molecule has 0 atom stereocenters. The molecule has 1 aromatic carbocycles. The highest BCUT2D eigenvalue weighted by atomic mass is 32.2. The van der Waals surface area contributed by atoms with Gasteiger partial charge in [0.25, 0.3) is 10.0 Å². The number of nitrogens with zero attached hydrogens (tertiary/aromatic N) is 2. The van der Waals surface area contributed by atoms with Gasteiger partial charge in [-0.1, -0.05) is 6.07 Å². The van der Waals surface area contributed by atoms with Crippen molar-refractivity contribution in [1.82, 2.24) is 4.98 Å². The number of sulfonamides is 1. The van der Waals surface area contributed by atoms with Crippen molar-refractivity contribution in [2.45, 2.75) is 4.90 Å². The lowest BCUT2D eigenvalue weighted by Crippen LogP contribution is -2.38. The van der Waals surface area contributed by atoms with Crippen molar-refractivity contribution in [3.05, 3.63) is 47.9 Å². The molecular weight excluding hydrogens is 327 g/mol. The van der Waals surface area contributed by atoms with E-state index in [0.717, 1.165) is 22.6 Å². The summed E-state index contributed by atoms with van der Waals surface area (Å²) in [5.41, 5.74) is -0.158. The number of hydrogen-bond acceptors (Lipinski definition) is 5. The van der Waals surface area contributed by atoms with Crippen molar-refractivity contribution >= 4 is 21.7 Å². The molecule has 9 heteroatoms. The number of carboxylic acid groups (broad SMARTS) is 1. The number of pyridine rings is 1. The second kappa shape index (κ2) is 5.51. The molecule has 0 aliphatic carbocycles. The Bertz CT molecular complexity index is 884. The molecule has 0 saturated carbocycles. The van der Waals surface area contributed by atoms with Gasteiger partial charge < -0.3 is 9.84 Å². The van der Waals surface area contributed by atoms with Gasteiger partial charge in [0.15, 0.2) is 0 Å². The smallest absolute Gasteiger partial charge is 0.337 e. The molecule has 7 nitrogen and oxygen atoms in total. The molecule has 120 valence electrons. The first kappa shape index (κ1) is 15.2. The summed E-state index contributed by atoms with van der Waals surface area (Å²) in [5.74, 6) is -1.91. The number of anilines is 1. The lowest BCUT2D eigenvalue weighted by atomic mass is 10.2. The molecule has 23 heavy (non-hydrogen) atoms. The molecule has 0 spiro atoms. The summed E-state index contributed by atoms with van der Waals surface area (Å²) in [7, 11) is -4.06. The number of aromatic nitrogens is 1. The van der Waals surface area contributed by atoms with Crippen LogP contribution in [0.25, 0.3) is 0 Å². The zero-order valence-corrected chi connectivity index (χ0v) is 12.5. The van der Waals surface area contributed by atoms with Gasteiger partial charge in [0, 0.05) is 6.20 Å². The number of hydrogen-bond donors (Lipinski definition) is 1. The maximum atomic E-state index is 13.3. The van der Waals surface area contributed by atoms with Gasteiger partial charge in [-0.05, 0) is 24.3 Å². The Kier molecular flexibility index (Phi) is 3.64. The van der Waals surface area contributed by atoms with Crippen LogP contribution in [0, 0.1) is 5.82 Å². The lowest BCUT2D eigenvalue weighted by Gasteiger charge is -2.29. The van der Waals surface area contributed by atoms with Gasteiger partial charge in [0.2, 0.25) is 5.88 Å². The van der Waals surface area contributed by atoms with Crippen molar-refractivity contribution in [3.8, 4) is 5.88 Å². The summed E-state index contributed by atoms with van der Waals surface area (Å²) in [6, 6.07) is 5.76. The molecule has 1 N–H and O–H groups in total. The lowest BCUT2D eigenvalue weighted by molar-refractivity contribution is 0.0696. The molecule has 0 unspecified atom stereocenters. The van der Waals surface area contributed by atoms with Crippen LogP contribution in [0.4, 0.5) is 10.1 Å². The molecule has 2 aromatic rings. The van der Waals surface area contributed by atoms with E-state index in [2.05, 4.69) is 4.98 Å². The van der Waals surface area contributed by atoms with Gasteiger partial charge >= 0.3 is 5.97 Å². The van der Waals surface area contributed by atoms with E-state index in [1.54, 1.807) is 0 Å². The number of aromatic carboxylic acids is 1. The Labute approximate surface area is 131 Å². The number of fused-ring (bicyclic) bond motifs is 1. The van der Waals surface area contributed by atoms with Crippen molar-refractivity contribution in [2.24, 2.45) is 0 Å². The Morgan fingerprint density at radius 3 is 2.83 bits per heavy atom. The summed E-state index contributed by atoms with van der Waals surface area (Å²) < 4.78 is 45.0. The monoisotopic (exact) mass is 338 g/mol. The third kappa shape index (κ3) is 2.70. The number of ether oxygens (including phenoxy) is 1. The topological polar surface area (TPSA) is 96.8 Å². The second-order valence-electron chi connectivity index (χ2n) is 4.74. The van der Waals surface area contributed by atoms with Crippen LogP contribution in [-0.4, -0.2) is 37.6 Å². The van der Waals surface area contributed by atoms with Gasteiger partial charge in [-0.25, -0.2) is 22.6 Å². The molecule has 0 radical (unpaired) electrons. The summed E-state index contributed by atoms with van der Waals surface area (Å²) in [6.07, 6.45) is 1.08. The van der Waals surface area contributed by atoms with Gasteiger partial charge in [-0.3, -0.25) is 4.31 Å². The van der Waals surface area contributed by atoms with Crippen LogP contribution in [0.2, 0.25) is 0 Å². The van der Waals surface area contributed by atoms with Gasteiger partial charge in [-0.2, -0.15) is 0 Å². The van der Waals surface area contributed by atoms with E-state index >= 15 is 0 Å². The van der Waals surface area contributed by atoms with Crippen molar-refractivity contribution in [3.63, 3.8) is 0 Å². The zero-order valence-electron chi connectivity index (χ0n) is 11.6. The van der Waals surface area contributed by atoms with Gasteiger partial charge in [0.1, 0.15) is 18.1 Å². The summed E-state index contributed by atoms with van der Waals surface area (Å²) in [6.45, 7) is 0.0254. The van der Waals surface area contributed by atoms with E-state index in [0.29, 0.717) is 0 Å². The number of halogens is 1. The fourth-order valence-corrected chi connectivity index (χ4v) is 3.67. The van der Waals surface area contributed by atoms with Gasteiger partial charge in [0.05, 0.1) is 17.0 Å². The molecule has 2 heterocycles. The molecule has 0 amide bonds. The SMILES string of the molecule is O=C(O)c1cnc2c(c1)N(S(=O)(=O)c1cccc(F)c1)CCO2. The average Bonchev–Trinajstić information content (AvgIpc) is 2.53. The summed E-state index contributed by atoms with van der Waals surface area (Å²) in [5, 5.41) is 9.03. The molecular formula is C14H11FN2O5S. The number of carboxylic acids is 1. The molecule has 0 bridgehead atoms. The van der Waals surface area contributed by atoms with Crippen molar-refractivity contribution in [1.29, 1.82) is 0 Å². The van der Waals surface area contributed by atoms with Gasteiger partial charge in [-0.15, -0.1) is 0 Å². The minimum Gasteiger partial charge on any atom is -0.478 e. The third-order valence-corrected chi connectivity index (χ3v) is 5.07. The highest BCUT2D eigenvalue weighted by Crippen LogP contribution is 2.34. The minimum absolute atomic E-state index is 0.0143. The quantitative estimate of drug-likeness (QED) is 0.911. The third-order valence-electron chi connectivity index (χ3n) is 3.27. The molecule has 0 fully saturated rings. The highest BCUT2D eigenvalue weighted by Gasteiger charge is 2.31. The maximum Gasteiger partial charge on any atom is 0.337 e. The van der Waals surface area contributed by atoms with E-state index in [4.69, 9.17) is 9.84 Å². The normalized spacial score (nSPS) is 14.0. The largest absolute Gasteiger partial charge is 0.478 e. The van der Waals surface area contributed by atoms with Crippen LogP contribution in [-0.2, 0) is 10.0 Å². The van der Waals surface area contributed by atoms with Crippen molar-refractivity contribution < 1.29 is 27.4 Å². The van der Waals surface area contributed by atoms with Crippen LogP contribution >= 0.6 is 0 Å². The average molecular weight is 338 g/mol. The maximum absolute atomic E-state index is 13.3. The van der Waals surface area contributed by atoms with E-state index in [9.17, 15) is 17.6 Å². The first-order valence-electron chi connectivity index (χ1n) is 6.54. The number of rotatable bonds is 3. The standard InChI is InChI=1S/C14H11FN2O5S/c15-10-2-1-3-11(7-10)23(20,21)17-4-5-22-13-12(17)6-9(8-16-13)14(18)19/h1-3,6-8H,4-5H2,(H,18,19). The van der Waals surface area contributed by atoms with Crippen LogP contribution in [0.3, 0.4) is 0 Å². The molecule has 3 rings (SSSR count). The van der Waals surface area contributed by atoms with Crippen LogP contribution < -0.4 is 9.04 Å². The Morgan fingerprint density at radius 1 is 1.35 bits per heavy atom. The predicted octanol–water partition coefficient (Wildman–Crippen LogP) is 1.51. The Balaban J connectivity index is 2.12. The number of benzene rings is 1. The zero-order chi connectivity index (χ0) is 16.6. The summed E-state index contributed by atoms with van der Waals surface area (Å²) >= 11 is 0. The number of carbonyl (C=O) groups is 1. The Hall–Kier alpha value is -2.68.